The zero-order valence-corrected chi connectivity index (χ0v) is 6.65. The second-order valence-electron chi connectivity index (χ2n) is 1.98. The zero-order chi connectivity index (χ0) is 8.04. The molecule has 0 aromatic carbocycles. The van der Waals surface area contributed by atoms with Gasteiger partial charge in [-0.2, -0.15) is 0 Å². The molecule has 0 aliphatic rings. The van der Waals surface area contributed by atoms with Crippen molar-refractivity contribution in [1.29, 1.82) is 0 Å². The summed E-state index contributed by atoms with van der Waals surface area (Å²) in [5.74, 6) is 0. The minimum Gasteiger partial charge on any atom is -0.303 e. The van der Waals surface area contributed by atoms with E-state index in [1.807, 2.05) is 0 Å². The molecule has 0 saturated heterocycles. The van der Waals surface area contributed by atoms with Gasteiger partial charge in [-0.1, -0.05) is 0 Å². The first-order chi connectivity index (χ1) is 4.56. The van der Waals surface area contributed by atoms with Gasteiger partial charge in [0, 0.05) is 13.0 Å². The third-order valence-electron chi connectivity index (χ3n) is 0.863. The lowest BCUT2D eigenvalue weighted by Crippen LogP contribution is -2.22. The fraction of sp³-hybridized carbons (Fsp3) is 0.800. The highest BCUT2D eigenvalue weighted by Crippen LogP contribution is 1.82. The molecular weight excluding hydrogens is 154 g/mol. The predicted molar refractivity (Wildman–Crippen MR) is 38.1 cm³/mol. The molecule has 0 fully saturated rings. The van der Waals surface area contributed by atoms with E-state index in [0.717, 1.165) is 12.5 Å². The van der Waals surface area contributed by atoms with E-state index in [-0.39, 0.29) is 0 Å². The maximum atomic E-state index is 10.4. The molecule has 0 saturated carbocycles. The maximum absolute atomic E-state index is 10.4. The molecule has 0 aromatic rings. The Kier molecular flexibility index (Phi) is 4.22. The average Bonchev–Trinajstić information content (AvgIpc) is 1.78. The molecule has 0 rings (SSSR count). The lowest BCUT2D eigenvalue weighted by molar-refractivity contribution is -0.107. The van der Waals surface area contributed by atoms with Crippen LogP contribution in [0.15, 0.2) is 0 Å². The molecule has 0 aromatic heterocycles. The summed E-state index contributed by atoms with van der Waals surface area (Å²) >= 11 is 0. The van der Waals surface area contributed by atoms with Crippen LogP contribution in [0.1, 0.15) is 12.8 Å². The molecule has 0 spiro atoms. The van der Waals surface area contributed by atoms with Crippen molar-refractivity contribution in [3.8, 4) is 0 Å². The van der Waals surface area contributed by atoms with Gasteiger partial charge in [0.1, 0.15) is 6.29 Å². The van der Waals surface area contributed by atoms with Crippen LogP contribution in [-0.4, -0.2) is 27.5 Å². The number of aldehydes is 1. The van der Waals surface area contributed by atoms with Gasteiger partial charge >= 0.3 is 0 Å². The van der Waals surface area contributed by atoms with Crippen molar-refractivity contribution >= 4 is 16.3 Å². The lowest BCUT2D eigenvalue weighted by atomic mass is 10.3. The molecule has 1 N–H and O–H groups in total. The Morgan fingerprint density at radius 2 is 2.10 bits per heavy atom. The number of unbranched alkanes of at least 4 members (excludes halogenated alkanes) is 1. The molecule has 0 bridgehead atoms. The highest BCUT2D eigenvalue weighted by atomic mass is 32.2. The van der Waals surface area contributed by atoms with Gasteiger partial charge < -0.3 is 4.79 Å². The Labute approximate surface area is 60.7 Å². The van der Waals surface area contributed by atoms with Gasteiger partial charge in [-0.3, -0.25) is 0 Å². The van der Waals surface area contributed by atoms with Gasteiger partial charge in [-0.15, -0.1) is 0 Å². The smallest absolute Gasteiger partial charge is 0.208 e. The molecule has 4 nitrogen and oxygen atoms in total. The molecule has 0 aliphatic heterocycles. The maximum Gasteiger partial charge on any atom is 0.208 e. The molecule has 60 valence electrons. The largest absolute Gasteiger partial charge is 0.303 e. The monoisotopic (exact) mass is 165 g/mol. The Balaban J connectivity index is 3.29. The summed E-state index contributed by atoms with van der Waals surface area (Å²) in [6.45, 7) is 0.345. The fourth-order valence-electron chi connectivity index (χ4n) is 0.443. The molecule has 0 heterocycles. The van der Waals surface area contributed by atoms with Crippen LogP contribution in [0.4, 0.5) is 0 Å². The SMILES string of the molecule is CS(=O)(=O)NCCCC=O. The summed E-state index contributed by atoms with van der Waals surface area (Å²) in [4.78, 5) is 9.75. The number of nitrogens with one attached hydrogen (secondary N) is 1. The van der Waals surface area contributed by atoms with Crippen LogP contribution in [0, 0.1) is 0 Å². The molecule has 10 heavy (non-hydrogen) atoms. The van der Waals surface area contributed by atoms with Gasteiger partial charge in [0.25, 0.3) is 0 Å². The van der Waals surface area contributed by atoms with Crippen molar-refractivity contribution in [3.05, 3.63) is 0 Å². The molecule has 0 aliphatic carbocycles. The Morgan fingerprint density at radius 1 is 1.50 bits per heavy atom. The van der Waals surface area contributed by atoms with E-state index in [4.69, 9.17) is 0 Å². The van der Waals surface area contributed by atoms with Crippen LogP contribution in [-0.2, 0) is 14.8 Å². The van der Waals surface area contributed by atoms with Crippen molar-refractivity contribution < 1.29 is 13.2 Å². The zero-order valence-electron chi connectivity index (χ0n) is 5.83. The number of carbonyl (C=O) groups excluding carboxylic acids is 1. The predicted octanol–water partition coefficient (Wildman–Crippen LogP) is -0.485. The summed E-state index contributed by atoms with van der Waals surface area (Å²) in [6, 6.07) is 0. The molecular formula is C5H11NO3S. The number of rotatable bonds is 5. The van der Waals surface area contributed by atoms with E-state index in [0.29, 0.717) is 19.4 Å². The van der Waals surface area contributed by atoms with Gasteiger partial charge in [-0.25, -0.2) is 13.1 Å². The van der Waals surface area contributed by atoms with Crippen molar-refractivity contribution in [1.82, 2.24) is 4.72 Å². The first-order valence-electron chi connectivity index (χ1n) is 2.94. The van der Waals surface area contributed by atoms with E-state index >= 15 is 0 Å². The Bertz CT molecular complexity index is 185. The summed E-state index contributed by atoms with van der Waals surface area (Å²) in [5, 5.41) is 0. The summed E-state index contributed by atoms with van der Waals surface area (Å²) in [7, 11) is -3.07. The summed E-state index contributed by atoms with van der Waals surface area (Å²) < 4.78 is 23.1. The highest BCUT2D eigenvalue weighted by molar-refractivity contribution is 7.88. The first-order valence-corrected chi connectivity index (χ1v) is 4.83. The van der Waals surface area contributed by atoms with Crippen LogP contribution in [0.3, 0.4) is 0 Å². The van der Waals surface area contributed by atoms with Crippen molar-refractivity contribution in [2.24, 2.45) is 0 Å². The molecule has 0 radical (unpaired) electrons. The topological polar surface area (TPSA) is 63.2 Å². The highest BCUT2D eigenvalue weighted by Gasteiger charge is 1.96. The van der Waals surface area contributed by atoms with Crippen LogP contribution >= 0.6 is 0 Å². The second-order valence-corrected chi connectivity index (χ2v) is 3.81. The van der Waals surface area contributed by atoms with E-state index in [2.05, 4.69) is 4.72 Å². The number of hydrogen-bond acceptors (Lipinski definition) is 3. The number of hydrogen-bond donors (Lipinski definition) is 1. The van der Waals surface area contributed by atoms with Crippen molar-refractivity contribution in [3.63, 3.8) is 0 Å². The number of sulfonamides is 1. The minimum atomic E-state index is -3.07. The summed E-state index contributed by atoms with van der Waals surface area (Å²) in [6.07, 6.45) is 2.83. The van der Waals surface area contributed by atoms with Crippen molar-refractivity contribution in [2.75, 3.05) is 12.8 Å². The van der Waals surface area contributed by atoms with Gasteiger partial charge in [-0.05, 0) is 6.42 Å². The fourth-order valence-corrected chi connectivity index (χ4v) is 0.958. The third kappa shape index (κ3) is 7.58. The average molecular weight is 165 g/mol. The van der Waals surface area contributed by atoms with Gasteiger partial charge in [0.2, 0.25) is 10.0 Å². The van der Waals surface area contributed by atoms with E-state index in [1.165, 1.54) is 0 Å². The van der Waals surface area contributed by atoms with Crippen molar-refractivity contribution in [2.45, 2.75) is 12.8 Å². The van der Waals surface area contributed by atoms with Crippen LogP contribution in [0.2, 0.25) is 0 Å². The molecule has 0 amide bonds. The third-order valence-corrected chi connectivity index (χ3v) is 1.59. The normalized spacial score (nSPS) is 11.3. The Morgan fingerprint density at radius 3 is 2.50 bits per heavy atom. The van der Waals surface area contributed by atoms with Crippen LogP contribution in [0.5, 0.6) is 0 Å². The Hall–Kier alpha value is -0.420. The molecule has 0 unspecified atom stereocenters. The van der Waals surface area contributed by atoms with Gasteiger partial charge in [0.15, 0.2) is 0 Å². The quantitative estimate of drug-likeness (QED) is 0.442. The van der Waals surface area contributed by atoms with Crippen LogP contribution < -0.4 is 4.72 Å². The minimum absolute atomic E-state index is 0.345. The second kappa shape index (κ2) is 4.40. The lowest BCUT2D eigenvalue weighted by Gasteiger charge is -1.97. The van der Waals surface area contributed by atoms with Gasteiger partial charge in [0.05, 0.1) is 6.26 Å². The number of carbonyl (C=O) groups is 1. The molecule has 5 heteroatoms. The van der Waals surface area contributed by atoms with E-state index in [1.54, 1.807) is 0 Å². The standard InChI is InChI=1S/C5H11NO3S/c1-10(8,9)6-4-2-3-5-7/h5-6H,2-4H2,1H3. The first kappa shape index (κ1) is 9.58. The van der Waals surface area contributed by atoms with Crippen LogP contribution in [0.25, 0.3) is 0 Å². The van der Waals surface area contributed by atoms with E-state index in [9.17, 15) is 13.2 Å². The molecule has 0 atom stereocenters. The van der Waals surface area contributed by atoms with E-state index < -0.39 is 10.0 Å². The summed E-state index contributed by atoms with van der Waals surface area (Å²) in [5.41, 5.74) is 0.